The van der Waals surface area contributed by atoms with Crippen LogP contribution in [0.2, 0.25) is 0 Å². The molecule has 0 spiro atoms. The lowest BCUT2D eigenvalue weighted by Gasteiger charge is -2.12. The summed E-state index contributed by atoms with van der Waals surface area (Å²) in [5, 5.41) is 5.86. The van der Waals surface area contributed by atoms with E-state index in [1.165, 1.54) is 16.5 Å². The van der Waals surface area contributed by atoms with Gasteiger partial charge in [-0.3, -0.25) is 0 Å². The highest BCUT2D eigenvalue weighted by Crippen LogP contribution is 2.28. The van der Waals surface area contributed by atoms with Crippen molar-refractivity contribution in [2.45, 2.75) is 13.5 Å². The number of nitrogens with one attached hydrogen (secondary N) is 1. The number of pyridine rings is 1. The summed E-state index contributed by atoms with van der Waals surface area (Å²) >= 11 is 0. The van der Waals surface area contributed by atoms with Gasteiger partial charge in [-0.2, -0.15) is 0 Å². The van der Waals surface area contributed by atoms with Gasteiger partial charge >= 0.3 is 0 Å². The van der Waals surface area contributed by atoms with Gasteiger partial charge in [-0.05, 0) is 23.9 Å². The topological polar surface area (TPSA) is 24.9 Å². The van der Waals surface area contributed by atoms with Crippen molar-refractivity contribution in [3.63, 3.8) is 0 Å². The molecule has 0 bridgehead atoms. The van der Waals surface area contributed by atoms with Crippen molar-refractivity contribution in [1.82, 2.24) is 4.98 Å². The van der Waals surface area contributed by atoms with Crippen LogP contribution in [-0.4, -0.2) is 4.98 Å². The van der Waals surface area contributed by atoms with E-state index in [0.717, 1.165) is 29.0 Å². The van der Waals surface area contributed by atoms with Crippen molar-refractivity contribution < 1.29 is 0 Å². The number of aryl methyl sites for hydroxylation is 1. The van der Waals surface area contributed by atoms with E-state index in [2.05, 4.69) is 91.1 Å². The van der Waals surface area contributed by atoms with E-state index in [9.17, 15) is 0 Å². The molecule has 0 aliphatic heterocycles. The summed E-state index contributed by atoms with van der Waals surface area (Å²) in [5.74, 6) is 0.928. The Labute approximate surface area is 148 Å². The quantitative estimate of drug-likeness (QED) is 0.511. The number of benzene rings is 3. The summed E-state index contributed by atoms with van der Waals surface area (Å²) in [6.45, 7) is 2.86. The zero-order valence-electron chi connectivity index (χ0n) is 14.2. The molecule has 0 radical (unpaired) electrons. The Morgan fingerprint density at radius 2 is 1.52 bits per heavy atom. The lowest BCUT2D eigenvalue weighted by atomic mass is 10.1. The second-order valence-corrected chi connectivity index (χ2v) is 6.28. The molecule has 1 heterocycles. The molecule has 0 amide bonds. The van der Waals surface area contributed by atoms with Crippen molar-refractivity contribution in [2.75, 3.05) is 5.32 Å². The maximum absolute atomic E-state index is 4.90. The standard InChI is InChI=1S/C23H20N2/c1-17-11-13-19(14-12-17)22-15-20-9-5-6-10-21(20)23(25-22)24-16-18-7-3-2-4-8-18/h2-15H,16H2,1H3,(H,24,25). The Bertz CT molecular complexity index is 989. The third-order valence-electron chi connectivity index (χ3n) is 4.39. The van der Waals surface area contributed by atoms with Gasteiger partial charge < -0.3 is 5.32 Å². The van der Waals surface area contributed by atoms with E-state index in [-0.39, 0.29) is 0 Å². The average Bonchev–Trinajstić information content (AvgIpc) is 2.67. The number of aromatic nitrogens is 1. The Balaban J connectivity index is 1.74. The molecule has 0 fully saturated rings. The molecule has 2 heteroatoms. The van der Waals surface area contributed by atoms with Gasteiger partial charge in [0.2, 0.25) is 0 Å². The molecule has 4 rings (SSSR count). The van der Waals surface area contributed by atoms with Gasteiger partial charge in [0.05, 0.1) is 5.69 Å². The van der Waals surface area contributed by atoms with E-state index < -0.39 is 0 Å². The smallest absolute Gasteiger partial charge is 0.134 e. The molecule has 0 aliphatic carbocycles. The number of hydrogen-bond acceptors (Lipinski definition) is 2. The summed E-state index contributed by atoms with van der Waals surface area (Å²) < 4.78 is 0. The fraction of sp³-hybridized carbons (Fsp3) is 0.0870. The molecule has 0 saturated carbocycles. The van der Waals surface area contributed by atoms with E-state index in [0.29, 0.717) is 0 Å². The second kappa shape index (κ2) is 6.78. The minimum atomic E-state index is 0.759. The largest absolute Gasteiger partial charge is 0.365 e. The monoisotopic (exact) mass is 324 g/mol. The number of anilines is 1. The van der Waals surface area contributed by atoms with E-state index >= 15 is 0 Å². The van der Waals surface area contributed by atoms with Crippen LogP contribution in [0.5, 0.6) is 0 Å². The highest BCUT2D eigenvalue weighted by Gasteiger charge is 2.07. The molecule has 122 valence electrons. The van der Waals surface area contributed by atoms with Gasteiger partial charge in [-0.15, -0.1) is 0 Å². The van der Waals surface area contributed by atoms with Crippen molar-refractivity contribution in [1.29, 1.82) is 0 Å². The third-order valence-corrected chi connectivity index (χ3v) is 4.39. The predicted molar refractivity (Wildman–Crippen MR) is 106 cm³/mol. The summed E-state index contributed by atoms with van der Waals surface area (Å²) in [5.41, 5.74) is 4.63. The van der Waals surface area contributed by atoms with Gasteiger partial charge in [0.15, 0.2) is 0 Å². The first-order valence-electron chi connectivity index (χ1n) is 8.54. The van der Waals surface area contributed by atoms with Crippen LogP contribution in [0.25, 0.3) is 22.0 Å². The van der Waals surface area contributed by atoms with Crippen molar-refractivity contribution in [3.05, 3.63) is 96.1 Å². The van der Waals surface area contributed by atoms with Gasteiger partial charge in [0.1, 0.15) is 5.82 Å². The molecule has 25 heavy (non-hydrogen) atoms. The molecule has 1 aromatic heterocycles. The van der Waals surface area contributed by atoms with Gasteiger partial charge in [0, 0.05) is 17.5 Å². The Hall–Kier alpha value is -3.13. The molecule has 0 saturated heterocycles. The Morgan fingerprint density at radius 3 is 2.32 bits per heavy atom. The van der Waals surface area contributed by atoms with E-state index in [4.69, 9.17) is 4.98 Å². The number of rotatable bonds is 4. The molecule has 0 aliphatic rings. The summed E-state index contributed by atoms with van der Waals surface area (Å²) in [4.78, 5) is 4.90. The molecule has 0 unspecified atom stereocenters. The number of nitrogens with zero attached hydrogens (tertiary/aromatic N) is 1. The van der Waals surface area contributed by atoms with Crippen LogP contribution in [0.1, 0.15) is 11.1 Å². The molecular formula is C23H20N2. The third kappa shape index (κ3) is 3.38. The molecule has 2 nitrogen and oxygen atoms in total. The highest BCUT2D eigenvalue weighted by atomic mass is 15.0. The number of fused-ring (bicyclic) bond motifs is 1. The first-order chi connectivity index (χ1) is 12.3. The highest BCUT2D eigenvalue weighted by molar-refractivity contribution is 5.94. The van der Waals surface area contributed by atoms with Crippen LogP contribution in [-0.2, 0) is 6.54 Å². The molecule has 4 aromatic rings. The maximum atomic E-state index is 4.90. The molecule has 3 aromatic carbocycles. The minimum Gasteiger partial charge on any atom is -0.365 e. The molecule has 0 atom stereocenters. The van der Waals surface area contributed by atoms with E-state index in [1.54, 1.807) is 0 Å². The second-order valence-electron chi connectivity index (χ2n) is 6.28. The number of hydrogen-bond donors (Lipinski definition) is 1. The predicted octanol–water partition coefficient (Wildman–Crippen LogP) is 5.82. The lowest BCUT2D eigenvalue weighted by Crippen LogP contribution is -2.02. The van der Waals surface area contributed by atoms with Crippen molar-refractivity contribution >= 4 is 16.6 Å². The van der Waals surface area contributed by atoms with Crippen molar-refractivity contribution in [2.24, 2.45) is 0 Å². The van der Waals surface area contributed by atoms with Gasteiger partial charge in [-0.1, -0.05) is 84.4 Å². The molecular weight excluding hydrogens is 304 g/mol. The molecule has 1 N–H and O–H groups in total. The first-order valence-corrected chi connectivity index (χ1v) is 8.54. The van der Waals surface area contributed by atoms with Crippen molar-refractivity contribution in [3.8, 4) is 11.3 Å². The fourth-order valence-corrected chi connectivity index (χ4v) is 2.99. The maximum Gasteiger partial charge on any atom is 0.134 e. The fourth-order valence-electron chi connectivity index (χ4n) is 2.99. The Morgan fingerprint density at radius 1 is 0.800 bits per heavy atom. The summed E-state index contributed by atoms with van der Waals surface area (Å²) in [6.07, 6.45) is 0. The Kier molecular flexibility index (Phi) is 4.17. The van der Waals surface area contributed by atoms with Gasteiger partial charge in [0.25, 0.3) is 0 Å². The summed E-state index contributed by atoms with van der Waals surface area (Å²) in [7, 11) is 0. The van der Waals surface area contributed by atoms with Crippen LogP contribution in [0, 0.1) is 6.92 Å². The zero-order chi connectivity index (χ0) is 17.1. The zero-order valence-corrected chi connectivity index (χ0v) is 14.2. The van der Waals surface area contributed by atoms with Gasteiger partial charge in [-0.25, -0.2) is 4.98 Å². The lowest BCUT2D eigenvalue weighted by molar-refractivity contribution is 1.12. The summed E-state index contributed by atoms with van der Waals surface area (Å²) in [6, 6.07) is 29.5. The normalized spacial score (nSPS) is 10.8. The van der Waals surface area contributed by atoms with E-state index in [1.807, 2.05) is 6.07 Å². The van der Waals surface area contributed by atoms with Crippen LogP contribution in [0.3, 0.4) is 0 Å². The minimum absolute atomic E-state index is 0.759. The SMILES string of the molecule is Cc1ccc(-c2cc3ccccc3c(NCc3ccccc3)n2)cc1. The van der Waals surface area contributed by atoms with Crippen LogP contribution in [0.15, 0.2) is 84.9 Å². The first kappa shape index (κ1) is 15.4. The van der Waals surface area contributed by atoms with Crippen LogP contribution >= 0.6 is 0 Å². The van der Waals surface area contributed by atoms with Crippen LogP contribution < -0.4 is 5.32 Å². The average molecular weight is 324 g/mol. The van der Waals surface area contributed by atoms with Crippen LogP contribution in [0.4, 0.5) is 5.82 Å².